The van der Waals surface area contributed by atoms with Crippen molar-refractivity contribution >= 4 is 0 Å². The van der Waals surface area contributed by atoms with Crippen LogP contribution in [-0.2, 0) is 11.2 Å². The highest BCUT2D eigenvalue weighted by Crippen LogP contribution is 2.20. The molecule has 1 aromatic heterocycles. The summed E-state index contributed by atoms with van der Waals surface area (Å²) in [5, 5.41) is 3.56. The van der Waals surface area contributed by atoms with Gasteiger partial charge >= 0.3 is 0 Å². The molecule has 0 amide bonds. The van der Waals surface area contributed by atoms with E-state index in [-0.39, 0.29) is 0 Å². The summed E-state index contributed by atoms with van der Waals surface area (Å²) in [4.78, 5) is 8.38. The van der Waals surface area contributed by atoms with Crippen LogP contribution in [0.15, 0.2) is 12.4 Å². The summed E-state index contributed by atoms with van der Waals surface area (Å²) in [5.41, 5.74) is 1.02. The zero-order valence-corrected chi connectivity index (χ0v) is 11.8. The minimum absolute atomic E-state index is 0.407. The summed E-state index contributed by atoms with van der Waals surface area (Å²) in [6.07, 6.45) is 4.83. The average molecular weight is 265 g/mol. The van der Waals surface area contributed by atoms with E-state index in [2.05, 4.69) is 22.2 Å². The molecule has 2 atom stereocenters. The average Bonchev–Trinajstić information content (AvgIpc) is 2.48. The highest BCUT2D eigenvalue weighted by atomic mass is 16.5. The van der Waals surface area contributed by atoms with Crippen molar-refractivity contribution in [2.24, 2.45) is 5.92 Å². The molecule has 2 heterocycles. The Morgan fingerprint density at radius 3 is 3.11 bits per heavy atom. The van der Waals surface area contributed by atoms with Crippen molar-refractivity contribution in [3.8, 4) is 5.88 Å². The molecule has 1 aliphatic heterocycles. The highest BCUT2D eigenvalue weighted by molar-refractivity contribution is 5.14. The molecule has 2 rings (SSSR count). The molecule has 1 N–H and O–H groups in total. The van der Waals surface area contributed by atoms with Crippen LogP contribution in [0.1, 0.15) is 25.5 Å². The summed E-state index contributed by atoms with van der Waals surface area (Å²) in [6, 6.07) is 2.32. The molecule has 1 saturated heterocycles. The Bertz CT molecular complexity index is 381. The Morgan fingerprint density at radius 1 is 1.53 bits per heavy atom. The molecule has 0 saturated carbocycles. The molecular weight excluding hydrogens is 242 g/mol. The maximum Gasteiger partial charge on any atom is 0.216 e. The SMILES string of the molecule is CCNC(Cc1cc(OC)ncn1)C1CCCOC1. The third-order valence-corrected chi connectivity index (χ3v) is 3.57. The molecule has 0 bridgehead atoms. The van der Waals surface area contributed by atoms with Crippen molar-refractivity contribution in [2.75, 3.05) is 26.9 Å². The van der Waals surface area contributed by atoms with Gasteiger partial charge in [0.1, 0.15) is 6.33 Å². The first-order valence-corrected chi connectivity index (χ1v) is 6.99. The number of aromatic nitrogens is 2. The first-order valence-electron chi connectivity index (χ1n) is 6.99. The van der Waals surface area contributed by atoms with Crippen molar-refractivity contribution in [2.45, 2.75) is 32.2 Å². The third kappa shape index (κ3) is 4.14. The zero-order valence-electron chi connectivity index (χ0n) is 11.8. The first-order chi connectivity index (χ1) is 9.33. The van der Waals surface area contributed by atoms with Crippen molar-refractivity contribution < 1.29 is 9.47 Å². The van der Waals surface area contributed by atoms with Gasteiger partial charge in [0.2, 0.25) is 5.88 Å². The fourth-order valence-electron chi connectivity index (χ4n) is 2.58. The molecule has 0 spiro atoms. The Morgan fingerprint density at radius 2 is 2.42 bits per heavy atom. The van der Waals surface area contributed by atoms with E-state index in [9.17, 15) is 0 Å². The lowest BCUT2D eigenvalue weighted by Crippen LogP contribution is -2.41. The van der Waals surface area contributed by atoms with Crippen LogP contribution >= 0.6 is 0 Å². The molecule has 1 fully saturated rings. The van der Waals surface area contributed by atoms with Crippen LogP contribution in [0.5, 0.6) is 5.88 Å². The van der Waals surface area contributed by atoms with Crippen LogP contribution < -0.4 is 10.1 Å². The molecule has 19 heavy (non-hydrogen) atoms. The fourth-order valence-corrected chi connectivity index (χ4v) is 2.58. The Kier molecular flexibility index (Phi) is 5.54. The van der Waals surface area contributed by atoms with E-state index in [1.165, 1.54) is 6.42 Å². The molecule has 0 radical (unpaired) electrons. The maximum atomic E-state index is 5.59. The summed E-state index contributed by atoms with van der Waals surface area (Å²) >= 11 is 0. The van der Waals surface area contributed by atoms with Gasteiger partial charge in [0.25, 0.3) is 0 Å². The van der Waals surface area contributed by atoms with E-state index in [0.29, 0.717) is 17.8 Å². The van der Waals surface area contributed by atoms with Crippen LogP contribution in [0.3, 0.4) is 0 Å². The van der Waals surface area contributed by atoms with Crippen molar-refractivity contribution in [3.05, 3.63) is 18.1 Å². The number of methoxy groups -OCH3 is 1. The van der Waals surface area contributed by atoms with E-state index >= 15 is 0 Å². The molecule has 5 nitrogen and oxygen atoms in total. The lowest BCUT2D eigenvalue weighted by atomic mass is 9.90. The quantitative estimate of drug-likeness (QED) is 0.843. The minimum Gasteiger partial charge on any atom is -0.481 e. The van der Waals surface area contributed by atoms with Crippen molar-refractivity contribution in [1.29, 1.82) is 0 Å². The Hall–Kier alpha value is -1.20. The van der Waals surface area contributed by atoms with Crippen LogP contribution in [0.2, 0.25) is 0 Å². The lowest BCUT2D eigenvalue weighted by molar-refractivity contribution is 0.0394. The molecule has 106 valence electrons. The topological polar surface area (TPSA) is 56.3 Å². The predicted octanol–water partition coefficient (Wildman–Crippen LogP) is 1.43. The summed E-state index contributed by atoms with van der Waals surface area (Å²) in [7, 11) is 1.63. The molecule has 0 aromatic carbocycles. The number of nitrogens with zero attached hydrogens (tertiary/aromatic N) is 2. The molecular formula is C14H23N3O2. The second-order valence-electron chi connectivity index (χ2n) is 4.90. The summed E-state index contributed by atoms with van der Waals surface area (Å²) < 4.78 is 10.7. The maximum absolute atomic E-state index is 5.59. The van der Waals surface area contributed by atoms with Crippen molar-refractivity contribution in [3.63, 3.8) is 0 Å². The lowest BCUT2D eigenvalue weighted by Gasteiger charge is -2.30. The summed E-state index contributed by atoms with van der Waals surface area (Å²) in [6.45, 7) is 4.84. The van der Waals surface area contributed by atoms with Crippen molar-refractivity contribution in [1.82, 2.24) is 15.3 Å². The van der Waals surface area contributed by atoms with E-state index < -0.39 is 0 Å². The largest absolute Gasteiger partial charge is 0.481 e. The number of hydrogen-bond donors (Lipinski definition) is 1. The van der Waals surface area contributed by atoms with E-state index in [4.69, 9.17) is 9.47 Å². The molecule has 5 heteroatoms. The fraction of sp³-hybridized carbons (Fsp3) is 0.714. The molecule has 2 unspecified atom stereocenters. The van der Waals surface area contributed by atoms with Gasteiger partial charge in [-0.15, -0.1) is 0 Å². The van der Waals surface area contributed by atoms with Gasteiger partial charge in [0.05, 0.1) is 13.7 Å². The van der Waals surface area contributed by atoms with Gasteiger partial charge in [-0.1, -0.05) is 6.92 Å². The van der Waals surface area contributed by atoms with Gasteiger partial charge in [-0.25, -0.2) is 9.97 Å². The number of rotatable bonds is 6. The minimum atomic E-state index is 0.407. The normalized spacial score (nSPS) is 21.1. The van der Waals surface area contributed by atoms with Gasteiger partial charge in [-0.3, -0.25) is 0 Å². The number of nitrogens with one attached hydrogen (secondary N) is 1. The van der Waals surface area contributed by atoms with Gasteiger partial charge in [0, 0.05) is 30.8 Å². The molecule has 1 aromatic rings. The van der Waals surface area contributed by atoms with Crippen LogP contribution in [-0.4, -0.2) is 42.9 Å². The molecule has 0 aliphatic carbocycles. The molecule has 1 aliphatic rings. The second-order valence-corrected chi connectivity index (χ2v) is 4.90. The van der Waals surface area contributed by atoms with E-state index in [0.717, 1.165) is 38.3 Å². The van der Waals surface area contributed by atoms with Gasteiger partial charge in [0.15, 0.2) is 0 Å². The van der Waals surface area contributed by atoms with Crippen LogP contribution in [0, 0.1) is 5.92 Å². The zero-order chi connectivity index (χ0) is 13.5. The number of likely N-dealkylation sites (N-methyl/N-ethyl adjacent to an activating group) is 1. The second kappa shape index (κ2) is 7.40. The predicted molar refractivity (Wildman–Crippen MR) is 73.3 cm³/mol. The number of hydrogen-bond acceptors (Lipinski definition) is 5. The number of ether oxygens (including phenoxy) is 2. The third-order valence-electron chi connectivity index (χ3n) is 3.57. The Labute approximate surface area is 114 Å². The smallest absolute Gasteiger partial charge is 0.216 e. The standard InChI is InChI=1S/C14H23N3O2/c1-3-15-13(11-5-4-6-19-9-11)7-12-8-14(18-2)17-10-16-12/h8,10-11,13,15H,3-7,9H2,1-2H3. The van der Waals surface area contributed by atoms with Crippen LogP contribution in [0.4, 0.5) is 0 Å². The van der Waals surface area contributed by atoms with Gasteiger partial charge < -0.3 is 14.8 Å². The monoisotopic (exact) mass is 265 g/mol. The highest BCUT2D eigenvalue weighted by Gasteiger charge is 2.24. The van der Waals surface area contributed by atoms with Gasteiger partial charge in [-0.05, 0) is 25.3 Å². The summed E-state index contributed by atoms with van der Waals surface area (Å²) in [5.74, 6) is 1.19. The van der Waals surface area contributed by atoms with Gasteiger partial charge in [-0.2, -0.15) is 0 Å². The first kappa shape index (κ1) is 14.2. The van der Waals surface area contributed by atoms with E-state index in [1.54, 1.807) is 13.4 Å². The Balaban J connectivity index is 2.01. The van der Waals surface area contributed by atoms with Crippen LogP contribution in [0.25, 0.3) is 0 Å². The van der Waals surface area contributed by atoms with E-state index in [1.807, 2.05) is 6.07 Å².